The number of benzene rings is 3. The molecular formula is C32H31ClN4O2. The normalized spacial score (nSPS) is 15.9. The molecule has 7 heteroatoms. The Balaban J connectivity index is 1.14. The van der Waals surface area contributed by atoms with Crippen LogP contribution in [0, 0.1) is 5.92 Å². The number of aromatic nitrogens is 2. The molecule has 1 amide bonds. The van der Waals surface area contributed by atoms with E-state index in [1.165, 1.54) is 22.3 Å². The van der Waals surface area contributed by atoms with Crippen LogP contribution in [0.1, 0.15) is 35.4 Å². The number of carbonyl (C=O) groups excluding carboxylic acids is 1. The number of piperidine rings is 1. The first-order valence-electron chi connectivity index (χ1n) is 13.5. The van der Waals surface area contributed by atoms with Crippen LogP contribution in [-0.2, 0) is 11.2 Å². The van der Waals surface area contributed by atoms with E-state index in [0.717, 1.165) is 37.4 Å². The van der Waals surface area contributed by atoms with E-state index in [2.05, 4.69) is 62.6 Å². The first kappa shape index (κ1) is 25.4. The summed E-state index contributed by atoms with van der Waals surface area (Å²) in [6, 6.07) is 26.4. The number of nitrogens with zero attached hydrogens (tertiary/aromatic N) is 3. The molecule has 1 unspecified atom stereocenters. The van der Waals surface area contributed by atoms with Crippen LogP contribution in [0.25, 0.3) is 11.1 Å². The van der Waals surface area contributed by atoms with Crippen LogP contribution in [0.5, 0.6) is 0 Å². The van der Waals surface area contributed by atoms with Crippen molar-refractivity contribution < 1.29 is 9.53 Å². The van der Waals surface area contributed by atoms with E-state index in [-0.39, 0.29) is 18.1 Å². The van der Waals surface area contributed by atoms with E-state index >= 15 is 0 Å². The quantitative estimate of drug-likeness (QED) is 0.291. The predicted molar refractivity (Wildman–Crippen MR) is 154 cm³/mol. The highest BCUT2D eigenvalue weighted by Crippen LogP contribution is 2.44. The molecule has 0 radical (unpaired) electrons. The van der Waals surface area contributed by atoms with E-state index < -0.39 is 0 Å². The van der Waals surface area contributed by atoms with Crippen molar-refractivity contribution in [1.29, 1.82) is 0 Å². The van der Waals surface area contributed by atoms with Gasteiger partial charge in [0.2, 0.25) is 5.95 Å². The number of ether oxygens (including phenoxy) is 1. The second-order valence-electron chi connectivity index (χ2n) is 10.3. The lowest BCUT2D eigenvalue weighted by Gasteiger charge is -2.36. The van der Waals surface area contributed by atoms with Gasteiger partial charge in [0.25, 0.3) is 0 Å². The third-order valence-electron chi connectivity index (χ3n) is 7.94. The number of hydrogen-bond acceptors (Lipinski definition) is 5. The summed E-state index contributed by atoms with van der Waals surface area (Å²) in [6.45, 7) is 1.98. The zero-order valence-electron chi connectivity index (χ0n) is 21.7. The zero-order valence-corrected chi connectivity index (χ0v) is 22.4. The summed E-state index contributed by atoms with van der Waals surface area (Å²) in [4.78, 5) is 24.2. The Morgan fingerprint density at radius 2 is 1.59 bits per heavy atom. The van der Waals surface area contributed by atoms with Crippen molar-refractivity contribution >= 4 is 23.6 Å². The molecule has 1 fully saturated rings. The fraction of sp³-hybridized carbons (Fsp3) is 0.281. The van der Waals surface area contributed by atoms with Gasteiger partial charge in [-0.1, -0.05) is 72.3 Å². The molecule has 1 N–H and O–H groups in total. The Bertz CT molecular complexity index is 1390. The maximum Gasteiger partial charge on any atom is 0.407 e. The van der Waals surface area contributed by atoms with Crippen molar-refractivity contribution in [3.8, 4) is 11.1 Å². The van der Waals surface area contributed by atoms with E-state index in [1.54, 1.807) is 12.4 Å². The monoisotopic (exact) mass is 538 g/mol. The lowest BCUT2D eigenvalue weighted by molar-refractivity contribution is 0.133. The Labute approximate surface area is 234 Å². The van der Waals surface area contributed by atoms with Gasteiger partial charge >= 0.3 is 6.09 Å². The van der Waals surface area contributed by atoms with E-state index in [4.69, 9.17) is 16.3 Å². The number of carbonyl (C=O) groups is 1. The number of nitrogens with one attached hydrogen (secondary N) is 1. The maximum absolute atomic E-state index is 13.2. The molecule has 2 heterocycles. The Kier molecular flexibility index (Phi) is 7.46. The summed E-state index contributed by atoms with van der Waals surface area (Å²) >= 11 is 6.28. The van der Waals surface area contributed by atoms with Gasteiger partial charge in [-0.15, -0.1) is 0 Å². The van der Waals surface area contributed by atoms with Crippen LogP contribution in [0.3, 0.4) is 0 Å². The van der Waals surface area contributed by atoms with Gasteiger partial charge in [0.15, 0.2) is 0 Å². The Morgan fingerprint density at radius 3 is 2.26 bits per heavy atom. The molecule has 1 aromatic heterocycles. The van der Waals surface area contributed by atoms with Crippen LogP contribution in [0.4, 0.5) is 10.7 Å². The molecule has 1 aliphatic carbocycles. The molecular weight excluding hydrogens is 508 g/mol. The van der Waals surface area contributed by atoms with Gasteiger partial charge in [-0.05, 0) is 71.2 Å². The number of fused-ring (bicyclic) bond motifs is 3. The van der Waals surface area contributed by atoms with Crippen LogP contribution in [-0.4, -0.2) is 41.8 Å². The lowest BCUT2D eigenvalue weighted by Crippen LogP contribution is -2.47. The molecule has 1 saturated heterocycles. The summed E-state index contributed by atoms with van der Waals surface area (Å²) < 4.78 is 5.91. The highest BCUT2D eigenvalue weighted by Gasteiger charge is 2.31. The molecule has 6 nitrogen and oxygen atoms in total. The largest absolute Gasteiger partial charge is 0.449 e. The SMILES string of the molecule is O=C(NC(Cc1cccc(Cl)c1)C1CCN(c2ncccn2)CC1)OCC1c2ccccc2-c2ccccc21. The predicted octanol–water partition coefficient (Wildman–Crippen LogP) is 6.50. The minimum atomic E-state index is -0.377. The molecule has 3 aromatic carbocycles. The molecule has 1 aliphatic heterocycles. The van der Waals surface area contributed by atoms with Gasteiger partial charge in [0.1, 0.15) is 6.61 Å². The molecule has 0 spiro atoms. The van der Waals surface area contributed by atoms with Crippen LogP contribution in [0.2, 0.25) is 5.02 Å². The first-order valence-corrected chi connectivity index (χ1v) is 13.9. The van der Waals surface area contributed by atoms with Gasteiger partial charge in [-0.25, -0.2) is 14.8 Å². The smallest absolute Gasteiger partial charge is 0.407 e. The standard InChI is InChI=1S/C32H31ClN4O2/c33-24-8-5-7-22(19-24)20-30(23-13-17-37(18-14-23)31-34-15-6-16-35-31)36-32(38)39-21-29-27-11-3-1-9-25(27)26-10-2-4-12-28(26)29/h1-12,15-16,19,23,29-30H,13-14,17-18,20-21H2,(H,36,38). The number of anilines is 1. The van der Waals surface area contributed by atoms with Crippen molar-refractivity contribution in [1.82, 2.24) is 15.3 Å². The minimum absolute atomic E-state index is 0.0311. The highest BCUT2D eigenvalue weighted by molar-refractivity contribution is 6.30. The van der Waals surface area contributed by atoms with Crippen molar-refractivity contribution in [3.05, 3.63) is 113 Å². The van der Waals surface area contributed by atoms with Crippen LogP contribution >= 0.6 is 11.6 Å². The minimum Gasteiger partial charge on any atom is -0.449 e. The van der Waals surface area contributed by atoms with Gasteiger partial charge in [-0.3, -0.25) is 0 Å². The van der Waals surface area contributed by atoms with Crippen molar-refractivity contribution in [2.24, 2.45) is 5.92 Å². The number of halogens is 1. The van der Waals surface area contributed by atoms with Gasteiger partial charge < -0.3 is 15.0 Å². The Hall–Kier alpha value is -3.90. The maximum atomic E-state index is 13.2. The lowest BCUT2D eigenvalue weighted by atomic mass is 9.86. The van der Waals surface area contributed by atoms with E-state index in [1.807, 2.05) is 36.4 Å². The van der Waals surface area contributed by atoms with E-state index in [0.29, 0.717) is 24.0 Å². The van der Waals surface area contributed by atoms with Crippen LogP contribution < -0.4 is 10.2 Å². The molecule has 0 bridgehead atoms. The third-order valence-corrected chi connectivity index (χ3v) is 8.17. The topological polar surface area (TPSA) is 67.4 Å². The summed E-state index contributed by atoms with van der Waals surface area (Å²) in [5, 5.41) is 3.92. The number of hydrogen-bond donors (Lipinski definition) is 1. The summed E-state index contributed by atoms with van der Waals surface area (Å²) in [6.07, 6.45) is 5.71. The number of alkyl carbamates (subject to hydrolysis) is 1. The zero-order chi connectivity index (χ0) is 26.6. The second-order valence-corrected chi connectivity index (χ2v) is 10.7. The summed E-state index contributed by atoms with van der Waals surface area (Å²) in [5.41, 5.74) is 5.94. The molecule has 0 saturated carbocycles. The average molecular weight is 539 g/mol. The fourth-order valence-electron chi connectivity index (χ4n) is 6.00. The second kappa shape index (κ2) is 11.5. The molecule has 198 valence electrons. The average Bonchev–Trinajstić information content (AvgIpc) is 3.30. The number of amides is 1. The van der Waals surface area contributed by atoms with Crippen molar-refractivity contribution in [3.63, 3.8) is 0 Å². The van der Waals surface area contributed by atoms with Gasteiger partial charge in [-0.2, -0.15) is 0 Å². The molecule has 4 aromatic rings. The Morgan fingerprint density at radius 1 is 0.923 bits per heavy atom. The van der Waals surface area contributed by atoms with E-state index in [9.17, 15) is 4.79 Å². The molecule has 6 rings (SSSR count). The highest BCUT2D eigenvalue weighted by atomic mass is 35.5. The molecule has 39 heavy (non-hydrogen) atoms. The van der Waals surface area contributed by atoms with Crippen molar-refractivity contribution in [2.45, 2.75) is 31.2 Å². The van der Waals surface area contributed by atoms with Crippen LogP contribution in [0.15, 0.2) is 91.3 Å². The fourth-order valence-corrected chi connectivity index (χ4v) is 6.21. The number of rotatable bonds is 7. The van der Waals surface area contributed by atoms with Crippen molar-refractivity contribution in [2.75, 3.05) is 24.6 Å². The van der Waals surface area contributed by atoms with Gasteiger partial charge in [0.05, 0.1) is 0 Å². The molecule has 2 aliphatic rings. The van der Waals surface area contributed by atoms with Gasteiger partial charge in [0, 0.05) is 42.5 Å². The first-order chi connectivity index (χ1) is 19.2. The molecule has 1 atom stereocenters. The summed E-state index contributed by atoms with van der Waals surface area (Å²) in [5.74, 6) is 1.08. The summed E-state index contributed by atoms with van der Waals surface area (Å²) in [7, 11) is 0. The third kappa shape index (κ3) is 5.62.